The number of rotatable bonds is 6. The van der Waals surface area contributed by atoms with E-state index in [9.17, 15) is 17.6 Å². The number of anilines is 1. The number of nitrogens with one attached hydrogen (secondary N) is 2. The molecule has 0 spiro atoms. The van der Waals surface area contributed by atoms with Crippen LogP contribution >= 0.6 is 11.6 Å². The molecule has 2 aliphatic heterocycles. The van der Waals surface area contributed by atoms with Gasteiger partial charge in [0.15, 0.2) is 5.82 Å². The first-order valence-corrected chi connectivity index (χ1v) is 8.93. The molecular weight excluding hydrogens is 400 g/mol. The number of hydrogen-bond donors (Lipinski definition) is 2. The van der Waals surface area contributed by atoms with E-state index in [0.717, 1.165) is 0 Å². The molecule has 0 bridgehead atoms. The van der Waals surface area contributed by atoms with Crippen molar-refractivity contribution in [3.8, 4) is 11.4 Å². The van der Waals surface area contributed by atoms with Crippen LogP contribution in [0.1, 0.15) is 42.9 Å². The van der Waals surface area contributed by atoms with E-state index in [1.165, 1.54) is 4.72 Å². The normalized spacial score (nSPS) is 18.0. The zero-order valence-corrected chi connectivity index (χ0v) is 14.5. The predicted octanol–water partition coefficient (Wildman–Crippen LogP) is 3.83. The van der Waals surface area contributed by atoms with Gasteiger partial charge in [0.25, 0.3) is 0 Å². The third-order valence-corrected chi connectivity index (χ3v) is 4.45. The molecule has 0 aromatic heterocycles. The third-order valence-electron chi connectivity index (χ3n) is 3.22. The number of benzene rings is 1. The van der Waals surface area contributed by atoms with Crippen molar-refractivity contribution in [1.82, 2.24) is 9.97 Å². The maximum atomic E-state index is 15.4. The molecule has 1 aromatic carbocycles. The van der Waals surface area contributed by atoms with Crippen molar-refractivity contribution in [3.05, 3.63) is 58.3 Å². The number of pyridine rings is 1. The first kappa shape index (κ1) is 10.1. The molecule has 3 rings (SSSR count). The Hall–Kier alpha value is -2.52. The summed E-state index contributed by atoms with van der Waals surface area (Å²) in [6, 6.07) is -3.54. The van der Waals surface area contributed by atoms with Gasteiger partial charge in [-0.05, 0) is 24.5 Å². The van der Waals surface area contributed by atoms with Crippen LogP contribution < -0.4 is 4.72 Å². The van der Waals surface area contributed by atoms with Gasteiger partial charge in [-0.25, -0.2) is 22.2 Å². The molecule has 0 fully saturated rings. The highest BCUT2D eigenvalue weighted by atomic mass is 35.5. The SMILES string of the molecule is [2H]c1nc2[nH]c([2H])c(Cl)c([2H])c-2c1C(=O)c1c(F)c([2H])c([2H])c(NS(=O)(=O)CC([2H])([2H])C([2H])([2H])[2H])c1F. The molecule has 27 heavy (non-hydrogen) atoms. The van der Waals surface area contributed by atoms with E-state index in [-0.39, 0.29) is 5.82 Å². The van der Waals surface area contributed by atoms with Gasteiger partial charge in [0, 0.05) is 24.8 Å². The lowest BCUT2D eigenvalue weighted by Crippen LogP contribution is -2.18. The van der Waals surface area contributed by atoms with Crippen LogP contribution in [0, 0.1) is 11.6 Å². The van der Waals surface area contributed by atoms with E-state index in [1.807, 2.05) is 0 Å². The highest BCUT2D eigenvalue weighted by molar-refractivity contribution is 7.92. The summed E-state index contributed by atoms with van der Waals surface area (Å²) in [6.07, 6.45) is -4.75. The maximum absolute atomic E-state index is 15.4. The number of ketones is 1. The van der Waals surface area contributed by atoms with Crippen molar-refractivity contribution < 1.29 is 35.7 Å². The van der Waals surface area contributed by atoms with Gasteiger partial charge in [0.2, 0.25) is 15.8 Å². The van der Waals surface area contributed by atoms with Gasteiger partial charge in [-0.2, -0.15) is 0 Å². The number of sulfonamides is 1. The second kappa shape index (κ2) is 7.24. The average molecular weight is 424 g/mol. The summed E-state index contributed by atoms with van der Waals surface area (Å²) in [5, 5.41) is -0.519. The molecule has 0 saturated carbocycles. The maximum Gasteiger partial charge on any atom is 0.232 e. The minimum Gasteiger partial charge on any atom is -0.345 e. The Morgan fingerprint density at radius 2 is 2.26 bits per heavy atom. The molecule has 2 N–H and O–H groups in total. The zero-order chi connectivity index (χ0) is 28.4. The summed E-state index contributed by atoms with van der Waals surface area (Å²) in [6.45, 7) is -3.42. The summed E-state index contributed by atoms with van der Waals surface area (Å²) >= 11 is 5.82. The summed E-state index contributed by atoms with van der Waals surface area (Å²) in [7, 11) is -5.09. The Bertz CT molecular complexity index is 1530. The van der Waals surface area contributed by atoms with Crippen LogP contribution in [0.4, 0.5) is 14.5 Å². The van der Waals surface area contributed by atoms with E-state index in [2.05, 4.69) is 9.97 Å². The third kappa shape index (κ3) is 3.79. The molecule has 1 aromatic rings. The molecule has 0 saturated heterocycles. The lowest BCUT2D eigenvalue weighted by atomic mass is 10.00. The molecule has 0 aliphatic carbocycles. The topological polar surface area (TPSA) is 91.9 Å². The van der Waals surface area contributed by atoms with E-state index in [0.29, 0.717) is 0 Å². The van der Waals surface area contributed by atoms with Crippen LogP contribution in [0.2, 0.25) is 5.02 Å². The minimum atomic E-state index is -5.09. The summed E-state index contributed by atoms with van der Waals surface area (Å²) in [4.78, 5) is 19.1. The summed E-state index contributed by atoms with van der Waals surface area (Å²) in [5.74, 6) is -7.73. The Labute approximate surface area is 173 Å². The Morgan fingerprint density at radius 3 is 3.00 bits per heavy atom. The molecule has 10 heteroatoms. The van der Waals surface area contributed by atoms with E-state index < -0.39 is 104 Å². The van der Waals surface area contributed by atoms with Crippen LogP contribution in [0.3, 0.4) is 0 Å². The van der Waals surface area contributed by atoms with E-state index in [1.54, 1.807) is 0 Å². The molecule has 142 valence electrons. The van der Waals surface area contributed by atoms with Gasteiger partial charge >= 0.3 is 0 Å². The number of aromatic amines is 1. The number of halogens is 3. The monoisotopic (exact) mass is 423 g/mol. The average Bonchev–Trinajstić information content (AvgIpc) is 3.07. The van der Waals surface area contributed by atoms with E-state index in [4.69, 9.17) is 25.3 Å². The van der Waals surface area contributed by atoms with Crippen molar-refractivity contribution in [1.29, 1.82) is 0 Å². The Morgan fingerprint density at radius 1 is 1.48 bits per heavy atom. The highest BCUT2D eigenvalue weighted by Crippen LogP contribution is 2.31. The number of hydrogen-bond acceptors (Lipinski definition) is 4. The van der Waals surface area contributed by atoms with Crippen LogP contribution in [0.15, 0.2) is 30.5 Å². The van der Waals surface area contributed by atoms with Gasteiger partial charge < -0.3 is 4.98 Å². The number of carbonyl (C=O) groups excluding carboxylic acids is 1. The number of fused-ring (bicyclic) bond motifs is 1. The first-order valence-electron chi connectivity index (χ1n) is 11.9. The van der Waals surface area contributed by atoms with Crippen molar-refractivity contribution >= 4 is 33.1 Å². The molecule has 0 radical (unpaired) electrons. The molecule has 2 aliphatic rings. The molecule has 2 heterocycles. The van der Waals surface area contributed by atoms with Gasteiger partial charge in [-0.3, -0.25) is 9.52 Å². The quantitative estimate of drug-likeness (QED) is 0.589. The largest absolute Gasteiger partial charge is 0.345 e. The summed E-state index contributed by atoms with van der Waals surface area (Å²) < 4.78 is 132. The smallest absolute Gasteiger partial charge is 0.232 e. The first-order chi connectivity index (χ1) is 16.7. The Balaban J connectivity index is 2.21. The summed E-state index contributed by atoms with van der Waals surface area (Å²) in [5.41, 5.74) is -4.42. The van der Waals surface area contributed by atoms with Crippen molar-refractivity contribution in [2.45, 2.75) is 13.2 Å². The van der Waals surface area contributed by atoms with Crippen molar-refractivity contribution in [3.63, 3.8) is 0 Å². The number of carbonyl (C=O) groups is 1. The van der Waals surface area contributed by atoms with Crippen LogP contribution in [0.5, 0.6) is 0 Å². The molecule has 6 nitrogen and oxygen atoms in total. The standard InChI is InChI=1S/C17H14ClF2N3O3S/c1-2-5-27(25,26)23-13-4-3-12(19)14(15(13)20)16(24)11-8-22-17-10(11)6-9(18)7-21-17/h3-4,6-8,23H,2,5H2,1H3,(H,21,22)/i1D3,2D2,3D,4D,6D,7D,8D. The fourth-order valence-corrected chi connectivity index (χ4v) is 2.97. The van der Waals surface area contributed by atoms with Crippen molar-refractivity contribution in [2.24, 2.45) is 0 Å². The van der Waals surface area contributed by atoms with Gasteiger partial charge in [-0.15, -0.1) is 0 Å². The highest BCUT2D eigenvalue weighted by Gasteiger charge is 2.27. The number of aromatic nitrogens is 2. The fourth-order valence-electron chi connectivity index (χ4n) is 2.11. The Kier molecular flexibility index (Phi) is 2.72. The van der Waals surface area contributed by atoms with Crippen molar-refractivity contribution in [2.75, 3.05) is 10.5 Å². The number of nitrogens with zero attached hydrogens (tertiary/aromatic N) is 1. The molecular formula is C17H14ClF2N3O3S. The fraction of sp³-hybridized carbons (Fsp3) is 0.176. The lowest BCUT2D eigenvalue weighted by molar-refractivity contribution is 0.103. The minimum absolute atomic E-state index is 0.371. The van der Waals surface area contributed by atoms with Crippen LogP contribution in [0.25, 0.3) is 11.4 Å². The van der Waals surface area contributed by atoms with Crippen LogP contribution in [-0.2, 0) is 10.0 Å². The van der Waals surface area contributed by atoms with E-state index >= 15 is 4.39 Å². The molecule has 0 atom stereocenters. The van der Waals surface area contributed by atoms with Gasteiger partial charge in [0.05, 0.1) is 34.4 Å². The predicted molar refractivity (Wildman–Crippen MR) is 97.7 cm³/mol. The van der Waals surface area contributed by atoms with Gasteiger partial charge in [0.1, 0.15) is 11.6 Å². The van der Waals surface area contributed by atoms with Crippen LogP contribution in [-0.4, -0.2) is 29.9 Å². The number of H-pyrrole nitrogens is 1. The molecule has 0 amide bonds. The molecule has 0 unspecified atom stereocenters. The second-order valence-electron chi connectivity index (χ2n) is 5.01. The lowest BCUT2D eigenvalue weighted by Gasteiger charge is -2.11. The van der Waals surface area contributed by atoms with Gasteiger partial charge in [-0.1, -0.05) is 18.5 Å². The zero-order valence-electron chi connectivity index (χ0n) is 22.9. The second-order valence-corrected chi connectivity index (χ2v) is 7.11.